The van der Waals surface area contributed by atoms with Gasteiger partial charge in [-0.1, -0.05) is 0 Å². The highest BCUT2D eigenvalue weighted by molar-refractivity contribution is 7.67. The fourth-order valence-corrected chi connectivity index (χ4v) is 4.98. The summed E-state index contributed by atoms with van der Waals surface area (Å²) < 4.78 is 55.9. The standard InChI is InChI=1S/C6H17O10P3/c1-4-12-17(7,8)15-19(11,14-6-3)16-18(9,10)13-5-2/h4-6H2,1-3H3,(H,7,8)(H,9,10). The maximum atomic E-state index is 11.9. The zero-order valence-corrected chi connectivity index (χ0v) is 13.3. The van der Waals surface area contributed by atoms with Crippen LogP contribution in [0.15, 0.2) is 0 Å². The second-order valence-corrected chi connectivity index (χ2v) is 7.65. The molecule has 0 saturated heterocycles. The molecule has 0 radical (unpaired) electrons. The highest BCUT2D eigenvalue weighted by atomic mass is 31.3. The molecule has 0 aliphatic carbocycles. The van der Waals surface area contributed by atoms with Crippen molar-refractivity contribution in [2.45, 2.75) is 20.8 Å². The summed E-state index contributed by atoms with van der Waals surface area (Å²) in [6.45, 7) is 3.43. The van der Waals surface area contributed by atoms with E-state index in [4.69, 9.17) is 0 Å². The van der Waals surface area contributed by atoms with Crippen molar-refractivity contribution in [2.24, 2.45) is 0 Å². The summed E-state index contributed by atoms with van der Waals surface area (Å²) >= 11 is 0. The average molecular weight is 342 g/mol. The normalized spacial score (nSPS) is 21.3. The van der Waals surface area contributed by atoms with Crippen LogP contribution in [0, 0.1) is 0 Å². The fourth-order valence-electron chi connectivity index (χ4n) is 0.846. The predicted octanol–water partition coefficient (Wildman–Crippen LogP) is 2.44. The third-order valence-corrected chi connectivity index (χ3v) is 6.27. The van der Waals surface area contributed by atoms with Crippen LogP contribution >= 0.6 is 23.5 Å². The van der Waals surface area contributed by atoms with E-state index in [1.807, 2.05) is 0 Å². The molecular formula is C6H17O10P3. The van der Waals surface area contributed by atoms with Gasteiger partial charge in [0.15, 0.2) is 0 Å². The highest BCUT2D eigenvalue weighted by Gasteiger charge is 2.44. The zero-order valence-electron chi connectivity index (χ0n) is 10.6. The Morgan fingerprint density at radius 1 is 0.737 bits per heavy atom. The van der Waals surface area contributed by atoms with Gasteiger partial charge in [0, 0.05) is 0 Å². The Balaban J connectivity index is 5.01. The van der Waals surface area contributed by atoms with E-state index in [1.54, 1.807) is 0 Å². The van der Waals surface area contributed by atoms with E-state index in [0.29, 0.717) is 0 Å². The predicted molar refractivity (Wildman–Crippen MR) is 64.3 cm³/mol. The van der Waals surface area contributed by atoms with Crippen molar-refractivity contribution in [3.63, 3.8) is 0 Å². The molecule has 0 aliphatic heterocycles. The molecule has 0 rings (SSSR count). The first-order valence-electron chi connectivity index (χ1n) is 5.21. The van der Waals surface area contributed by atoms with Gasteiger partial charge in [0.1, 0.15) is 0 Å². The molecule has 0 aromatic heterocycles. The van der Waals surface area contributed by atoms with Crippen LogP contribution in [0.5, 0.6) is 0 Å². The van der Waals surface area contributed by atoms with E-state index in [1.165, 1.54) is 20.8 Å². The topological polar surface area (TPSA) is 138 Å². The molecule has 0 spiro atoms. The molecule has 2 N–H and O–H groups in total. The molecule has 0 heterocycles. The minimum atomic E-state index is -4.80. The molecule has 2 unspecified atom stereocenters. The lowest BCUT2D eigenvalue weighted by Crippen LogP contribution is -2.01. The molecule has 13 heteroatoms. The van der Waals surface area contributed by atoms with Crippen LogP contribution in [0.25, 0.3) is 0 Å². The van der Waals surface area contributed by atoms with Gasteiger partial charge >= 0.3 is 23.5 Å². The quantitative estimate of drug-likeness (QED) is 0.569. The lowest BCUT2D eigenvalue weighted by Gasteiger charge is -2.20. The fraction of sp³-hybridized carbons (Fsp3) is 1.00. The van der Waals surface area contributed by atoms with E-state index >= 15 is 0 Å². The average Bonchev–Trinajstić information content (AvgIpc) is 2.13. The Kier molecular flexibility index (Phi) is 8.17. The summed E-state index contributed by atoms with van der Waals surface area (Å²) in [6, 6.07) is 0. The van der Waals surface area contributed by atoms with Gasteiger partial charge in [0.2, 0.25) is 0 Å². The van der Waals surface area contributed by atoms with Crippen LogP contribution in [-0.2, 0) is 35.9 Å². The van der Waals surface area contributed by atoms with E-state index in [-0.39, 0.29) is 19.8 Å². The minimum Gasteiger partial charge on any atom is -0.302 e. The van der Waals surface area contributed by atoms with Crippen molar-refractivity contribution >= 4 is 23.5 Å². The summed E-state index contributed by atoms with van der Waals surface area (Å²) in [5.41, 5.74) is 0. The van der Waals surface area contributed by atoms with Gasteiger partial charge < -0.3 is 9.79 Å². The first-order chi connectivity index (χ1) is 8.60. The summed E-state index contributed by atoms with van der Waals surface area (Å²) in [4.78, 5) is 18.3. The Bertz CT molecular complexity index is 376. The molecule has 0 aromatic carbocycles. The van der Waals surface area contributed by atoms with Crippen LogP contribution < -0.4 is 0 Å². The monoisotopic (exact) mass is 342 g/mol. The Morgan fingerprint density at radius 2 is 1.05 bits per heavy atom. The van der Waals surface area contributed by atoms with Gasteiger partial charge in [0.25, 0.3) is 0 Å². The van der Waals surface area contributed by atoms with Crippen molar-refractivity contribution < 1.29 is 45.7 Å². The number of hydrogen-bond acceptors (Lipinski definition) is 8. The van der Waals surface area contributed by atoms with Gasteiger partial charge in [-0.2, -0.15) is 8.62 Å². The lowest BCUT2D eigenvalue weighted by atomic mass is 10.9. The largest absolute Gasteiger partial charge is 0.492 e. The number of hydrogen-bond donors (Lipinski definition) is 2. The van der Waals surface area contributed by atoms with Gasteiger partial charge in [-0.05, 0) is 20.8 Å². The number of phosphoric acid groups is 3. The number of rotatable bonds is 10. The van der Waals surface area contributed by atoms with Crippen LogP contribution in [0.3, 0.4) is 0 Å². The molecule has 0 bridgehead atoms. The van der Waals surface area contributed by atoms with E-state index < -0.39 is 23.5 Å². The summed E-state index contributed by atoms with van der Waals surface area (Å²) in [7, 11) is -14.3. The molecule has 2 atom stereocenters. The zero-order chi connectivity index (χ0) is 15.2. The lowest BCUT2D eigenvalue weighted by molar-refractivity contribution is 0.144. The van der Waals surface area contributed by atoms with Gasteiger partial charge in [-0.25, -0.2) is 13.7 Å². The molecule has 10 nitrogen and oxygen atoms in total. The van der Waals surface area contributed by atoms with Crippen molar-refractivity contribution in [2.75, 3.05) is 19.8 Å². The van der Waals surface area contributed by atoms with E-state index in [2.05, 4.69) is 22.2 Å². The molecule has 19 heavy (non-hydrogen) atoms. The molecular weight excluding hydrogens is 325 g/mol. The maximum Gasteiger partial charge on any atom is 0.492 e. The van der Waals surface area contributed by atoms with Gasteiger partial charge in [0.05, 0.1) is 19.8 Å². The summed E-state index contributed by atoms with van der Waals surface area (Å²) in [6.07, 6.45) is 0. The first kappa shape index (κ1) is 19.4. The maximum absolute atomic E-state index is 11.9. The van der Waals surface area contributed by atoms with Gasteiger partial charge in [-0.15, -0.1) is 0 Å². The second kappa shape index (κ2) is 8.00. The van der Waals surface area contributed by atoms with Crippen LogP contribution in [0.2, 0.25) is 0 Å². The van der Waals surface area contributed by atoms with Crippen molar-refractivity contribution in [1.82, 2.24) is 0 Å². The SMILES string of the molecule is CCOP(=O)(O)OP(=O)(OCC)OP(=O)(O)OCC. The Hall–Kier alpha value is 0.410. The highest BCUT2D eigenvalue weighted by Crippen LogP contribution is 2.70. The third kappa shape index (κ3) is 8.32. The van der Waals surface area contributed by atoms with Crippen LogP contribution in [0.1, 0.15) is 20.8 Å². The second-order valence-electron chi connectivity index (χ2n) is 2.80. The summed E-state index contributed by atoms with van der Waals surface area (Å²) in [5, 5.41) is 0. The summed E-state index contributed by atoms with van der Waals surface area (Å²) in [5.74, 6) is 0. The van der Waals surface area contributed by atoms with Crippen molar-refractivity contribution in [1.29, 1.82) is 0 Å². The minimum absolute atomic E-state index is 0.220. The van der Waals surface area contributed by atoms with Crippen LogP contribution in [-0.4, -0.2) is 29.6 Å². The van der Waals surface area contributed by atoms with Crippen LogP contribution in [0.4, 0.5) is 0 Å². The first-order valence-corrected chi connectivity index (χ1v) is 9.66. The Morgan fingerprint density at radius 3 is 1.32 bits per heavy atom. The molecule has 0 amide bonds. The van der Waals surface area contributed by atoms with E-state index in [9.17, 15) is 23.5 Å². The van der Waals surface area contributed by atoms with Gasteiger partial charge in [-0.3, -0.25) is 13.6 Å². The molecule has 116 valence electrons. The number of phosphoric ester groups is 2. The molecule has 0 saturated carbocycles. The molecule has 0 aromatic rings. The molecule has 0 aliphatic rings. The Labute approximate surface area is 110 Å². The smallest absolute Gasteiger partial charge is 0.302 e. The van der Waals surface area contributed by atoms with Crippen molar-refractivity contribution in [3.05, 3.63) is 0 Å². The third-order valence-electron chi connectivity index (χ3n) is 1.28. The molecule has 0 fully saturated rings. The van der Waals surface area contributed by atoms with E-state index in [0.717, 1.165) is 0 Å². The van der Waals surface area contributed by atoms with Crippen molar-refractivity contribution in [3.8, 4) is 0 Å².